The fourth-order valence-corrected chi connectivity index (χ4v) is 1.06. The van der Waals surface area contributed by atoms with Crippen molar-refractivity contribution in [3.8, 4) is 0 Å². The average Bonchev–Trinajstić information content (AvgIpc) is 2.22. The highest BCUT2D eigenvalue weighted by molar-refractivity contribution is 6.32. The van der Waals surface area contributed by atoms with Crippen molar-refractivity contribution in [1.82, 2.24) is 9.97 Å². The number of rotatable bonds is 5. The second-order valence-corrected chi connectivity index (χ2v) is 3.05. The van der Waals surface area contributed by atoms with Gasteiger partial charge in [-0.3, -0.25) is 4.79 Å². The van der Waals surface area contributed by atoms with Crippen molar-refractivity contribution in [2.24, 2.45) is 0 Å². The Labute approximate surface area is 92.8 Å². The average molecular weight is 230 g/mol. The highest BCUT2D eigenvalue weighted by Gasteiger charge is 2.06. The van der Waals surface area contributed by atoms with E-state index in [4.69, 9.17) is 16.3 Å². The molecule has 0 unspecified atom stereocenters. The van der Waals surface area contributed by atoms with Crippen LogP contribution in [0.1, 0.15) is 13.3 Å². The van der Waals surface area contributed by atoms with E-state index in [9.17, 15) is 4.79 Å². The first kappa shape index (κ1) is 11.9. The van der Waals surface area contributed by atoms with Gasteiger partial charge in [0.1, 0.15) is 0 Å². The summed E-state index contributed by atoms with van der Waals surface area (Å²) in [6.07, 6.45) is 3.20. The first-order valence-electron chi connectivity index (χ1n) is 4.58. The third-order valence-electron chi connectivity index (χ3n) is 1.59. The number of aromatic nitrogens is 2. The molecule has 0 spiro atoms. The fraction of sp³-hybridized carbons (Fsp3) is 0.444. The molecule has 1 aromatic heterocycles. The van der Waals surface area contributed by atoms with E-state index in [1.807, 2.05) is 6.92 Å². The van der Waals surface area contributed by atoms with Gasteiger partial charge in [-0.05, 0) is 6.92 Å². The second-order valence-electron chi connectivity index (χ2n) is 2.69. The maximum absolute atomic E-state index is 11.3. The Hall–Kier alpha value is -1.20. The number of carbonyl (C=O) groups excluding carboxylic acids is 1. The number of ether oxygens (including phenoxy) is 1. The molecule has 1 heterocycles. The van der Waals surface area contributed by atoms with Crippen LogP contribution in [-0.2, 0) is 9.53 Å². The van der Waals surface area contributed by atoms with Crippen molar-refractivity contribution in [2.45, 2.75) is 13.3 Å². The zero-order valence-electron chi connectivity index (χ0n) is 8.36. The van der Waals surface area contributed by atoms with Crippen molar-refractivity contribution in [3.63, 3.8) is 0 Å². The Morgan fingerprint density at radius 2 is 2.27 bits per heavy atom. The minimum Gasteiger partial charge on any atom is -0.381 e. The topological polar surface area (TPSA) is 64.1 Å². The van der Waals surface area contributed by atoms with E-state index < -0.39 is 0 Å². The normalized spacial score (nSPS) is 10.0. The maximum atomic E-state index is 11.3. The van der Waals surface area contributed by atoms with Crippen LogP contribution in [0.3, 0.4) is 0 Å². The highest BCUT2D eigenvalue weighted by atomic mass is 35.5. The van der Waals surface area contributed by atoms with Gasteiger partial charge in [0.15, 0.2) is 11.0 Å². The van der Waals surface area contributed by atoms with Gasteiger partial charge in [0.05, 0.1) is 13.0 Å². The minimum absolute atomic E-state index is 0.183. The Morgan fingerprint density at radius 1 is 1.53 bits per heavy atom. The summed E-state index contributed by atoms with van der Waals surface area (Å²) in [5.74, 6) is 0.0894. The summed E-state index contributed by atoms with van der Waals surface area (Å²) in [4.78, 5) is 19.0. The zero-order valence-corrected chi connectivity index (χ0v) is 9.12. The first-order valence-corrected chi connectivity index (χ1v) is 4.96. The summed E-state index contributed by atoms with van der Waals surface area (Å²) in [6.45, 7) is 2.86. The predicted molar refractivity (Wildman–Crippen MR) is 56.8 cm³/mol. The number of hydrogen-bond donors (Lipinski definition) is 1. The standard InChI is InChI=1S/C9H12ClN3O2/c1-2-15-6-3-7(14)13-9-8(10)11-4-5-12-9/h4-5H,2-3,6H2,1H3,(H,12,13,14). The number of nitrogens with zero attached hydrogens (tertiary/aromatic N) is 2. The maximum Gasteiger partial charge on any atom is 0.227 e. The molecule has 0 bridgehead atoms. The summed E-state index contributed by atoms with van der Waals surface area (Å²) < 4.78 is 5.04. The Bertz CT molecular complexity index is 333. The molecule has 0 aliphatic carbocycles. The molecule has 0 atom stereocenters. The van der Waals surface area contributed by atoms with Crippen LogP contribution < -0.4 is 5.32 Å². The molecule has 0 aliphatic rings. The molecule has 0 saturated heterocycles. The van der Waals surface area contributed by atoms with Crippen LogP contribution in [-0.4, -0.2) is 29.1 Å². The third kappa shape index (κ3) is 4.22. The van der Waals surface area contributed by atoms with Crippen LogP contribution in [0.2, 0.25) is 5.15 Å². The lowest BCUT2D eigenvalue weighted by molar-refractivity contribution is -0.117. The van der Waals surface area contributed by atoms with Crippen LogP contribution in [0, 0.1) is 0 Å². The summed E-state index contributed by atoms with van der Waals surface area (Å²) >= 11 is 5.71. The van der Waals surface area contributed by atoms with E-state index >= 15 is 0 Å². The van der Waals surface area contributed by atoms with Crippen molar-refractivity contribution in [3.05, 3.63) is 17.5 Å². The number of hydrogen-bond acceptors (Lipinski definition) is 4. The Morgan fingerprint density at radius 3 is 2.93 bits per heavy atom. The van der Waals surface area contributed by atoms with Crippen molar-refractivity contribution >= 4 is 23.3 Å². The molecule has 0 aromatic carbocycles. The van der Waals surface area contributed by atoms with Crippen molar-refractivity contribution in [1.29, 1.82) is 0 Å². The van der Waals surface area contributed by atoms with Gasteiger partial charge >= 0.3 is 0 Å². The molecule has 0 fully saturated rings. The molecule has 1 N–H and O–H groups in total. The molecule has 0 aliphatic heterocycles. The van der Waals surface area contributed by atoms with Gasteiger partial charge < -0.3 is 10.1 Å². The SMILES string of the molecule is CCOCCC(=O)Nc1nccnc1Cl. The molecular weight excluding hydrogens is 218 g/mol. The molecular formula is C9H12ClN3O2. The van der Waals surface area contributed by atoms with Crippen LogP contribution in [0.15, 0.2) is 12.4 Å². The van der Waals surface area contributed by atoms with Crippen molar-refractivity contribution < 1.29 is 9.53 Å². The highest BCUT2D eigenvalue weighted by Crippen LogP contribution is 2.13. The first-order chi connectivity index (χ1) is 7.24. The third-order valence-corrected chi connectivity index (χ3v) is 1.87. The van der Waals surface area contributed by atoms with E-state index in [2.05, 4.69) is 15.3 Å². The van der Waals surface area contributed by atoms with Crippen LogP contribution >= 0.6 is 11.6 Å². The molecule has 1 amide bonds. The van der Waals surface area contributed by atoms with Gasteiger partial charge in [0.25, 0.3) is 0 Å². The van der Waals surface area contributed by atoms with Crippen LogP contribution in [0.5, 0.6) is 0 Å². The van der Waals surface area contributed by atoms with E-state index in [0.717, 1.165) is 0 Å². The van der Waals surface area contributed by atoms with E-state index in [1.165, 1.54) is 12.4 Å². The lowest BCUT2D eigenvalue weighted by atomic mass is 10.4. The molecule has 1 aromatic rings. The van der Waals surface area contributed by atoms with Gasteiger partial charge in [-0.15, -0.1) is 0 Å². The van der Waals surface area contributed by atoms with Gasteiger partial charge in [0, 0.05) is 19.0 Å². The van der Waals surface area contributed by atoms with E-state index in [0.29, 0.717) is 13.2 Å². The molecule has 5 nitrogen and oxygen atoms in total. The summed E-state index contributed by atoms with van der Waals surface area (Å²) in [5.41, 5.74) is 0. The second kappa shape index (κ2) is 6.31. The number of anilines is 1. The number of amides is 1. The van der Waals surface area contributed by atoms with Crippen molar-refractivity contribution in [2.75, 3.05) is 18.5 Å². The summed E-state index contributed by atoms with van der Waals surface area (Å²) in [6, 6.07) is 0. The molecule has 0 radical (unpaired) electrons. The minimum atomic E-state index is -0.189. The number of halogens is 1. The predicted octanol–water partition coefficient (Wildman–Crippen LogP) is 1.50. The quantitative estimate of drug-likeness (QED) is 0.777. The van der Waals surface area contributed by atoms with Crippen LogP contribution in [0.25, 0.3) is 0 Å². The summed E-state index contributed by atoms with van der Waals surface area (Å²) in [7, 11) is 0. The van der Waals surface area contributed by atoms with Gasteiger partial charge in [-0.1, -0.05) is 11.6 Å². The largest absolute Gasteiger partial charge is 0.381 e. The lowest BCUT2D eigenvalue weighted by Crippen LogP contribution is -2.15. The lowest BCUT2D eigenvalue weighted by Gasteiger charge is -2.04. The van der Waals surface area contributed by atoms with Crippen LogP contribution in [0.4, 0.5) is 5.82 Å². The van der Waals surface area contributed by atoms with E-state index in [-0.39, 0.29) is 23.3 Å². The number of carbonyl (C=O) groups is 1. The summed E-state index contributed by atoms with van der Waals surface area (Å²) in [5, 5.41) is 2.73. The monoisotopic (exact) mass is 229 g/mol. The van der Waals surface area contributed by atoms with Gasteiger partial charge in [-0.2, -0.15) is 0 Å². The van der Waals surface area contributed by atoms with Gasteiger partial charge in [0.2, 0.25) is 5.91 Å². The fourth-order valence-electron chi connectivity index (χ4n) is 0.909. The Kier molecular flexibility index (Phi) is 5.00. The molecule has 82 valence electrons. The van der Waals surface area contributed by atoms with E-state index in [1.54, 1.807) is 0 Å². The molecule has 0 saturated carbocycles. The smallest absolute Gasteiger partial charge is 0.227 e. The number of nitrogens with one attached hydrogen (secondary N) is 1. The van der Waals surface area contributed by atoms with Gasteiger partial charge in [-0.25, -0.2) is 9.97 Å². The Balaban J connectivity index is 2.41. The molecule has 6 heteroatoms. The molecule has 1 rings (SSSR count). The molecule has 15 heavy (non-hydrogen) atoms. The zero-order chi connectivity index (χ0) is 11.1.